The molecule has 0 atom stereocenters. The fraction of sp³-hybridized carbons (Fsp3) is 0.562. The lowest BCUT2D eigenvalue weighted by Crippen LogP contribution is -2.30. The van der Waals surface area contributed by atoms with E-state index in [1.165, 1.54) is 0 Å². The lowest BCUT2D eigenvalue weighted by molar-refractivity contribution is -0.150. The first-order chi connectivity index (χ1) is 9.57. The maximum Gasteiger partial charge on any atom is 0.309 e. The van der Waals surface area contributed by atoms with Gasteiger partial charge in [0, 0.05) is 0 Å². The molecule has 1 N–H and O–H groups in total. The first kappa shape index (κ1) is 16.3. The molecule has 0 spiro atoms. The molecule has 0 saturated heterocycles. The number of methoxy groups -OCH3 is 1. The van der Waals surface area contributed by atoms with E-state index >= 15 is 0 Å². The molecule has 112 valence electrons. The molecule has 0 heterocycles. The number of rotatable bonds is 9. The molecule has 4 heteroatoms. The number of benzene rings is 1. The number of hydrogen-bond acceptors (Lipinski definition) is 3. The van der Waals surface area contributed by atoms with Gasteiger partial charge in [0.25, 0.3) is 0 Å². The molecular formula is C16H24O4. The van der Waals surface area contributed by atoms with Gasteiger partial charge in [0.15, 0.2) is 0 Å². The van der Waals surface area contributed by atoms with Crippen molar-refractivity contribution in [2.45, 2.75) is 39.5 Å². The molecule has 0 aliphatic heterocycles. The zero-order chi connectivity index (χ0) is 15.0. The van der Waals surface area contributed by atoms with Crippen LogP contribution in [0.25, 0.3) is 0 Å². The predicted octanol–water partition coefficient (Wildman–Crippen LogP) is 3.75. The molecule has 0 amide bonds. The molecule has 0 saturated carbocycles. The van der Waals surface area contributed by atoms with E-state index in [2.05, 4.69) is 0 Å². The molecule has 4 nitrogen and oxygen atoms in total. The van der Waals surface area contributed by atoms with Gasteiger partial charge in [0.2, 0.25) is 0 Å². The molecule has 0 fully saturated rings. The largest absolute Gasteiger partial charge is 0.497 e. The minimum atomic E-state index is -0.702. The highest BCUT2D eigenvalue weighted by Gasteiger charge is 2.33. The number of carbonyl (C=O) groups is 1. The monoisotopic (exact) mass is 280 g/mol. The Balaban J connectivity index is 2.41. The van der Waals surface area contributed by atoms with Gasteiger partial charge in [-0.25, -0.2) is 0 Å². The topological polar surface area (TPSA) is 55.8 Å². The Morgan fingerprint density at radius 1 is 1.15 bits per heavy atom. The second-order valence-electron chi connectivity index (χ2n) is 4.92. The van der Waals surface area contributed by atoms with E-state index in [0.717, 1.165) is 17.9 Å². The second-order valence-corrected chi connectivity index (χ2v) is 4.92. The van der Waals surface area contributed by atoms with Crippen molar-refractivity contribution < 1.29 is 19.4 Å². The SMILES string of the molecule is CCC(CC)(CCCOc1ccc(OC)cc1)C(=O)O. The summed E-state index contributed by atoms with van der Waals surface area (Å²) in [4.78, 5) is 11.4. The van der Waals surface area contributed by atoms with Gasteiger partial charge in [-0.1, -0.05) is 13.8 Å². The van der Waals surface area contributed by atoms with Crippen molar-refractivity contribution in [2.75, 3.05) is 13.7 Å². The first-order valence-corrected chi connectivity index (χ1v) is 7.08. The Morgan fingerprint density at radius 3 is 2.15 bits per heavy atom. The van der Waals surface area contributed by atoms with Crippen LogP contribution in [0.1, 0.15) is 39.5 Å². The van der Waals surface area contributed by atoms with Crippen molar-refractivity contribution in [1.82, 2.24) is 0 Å². The lowest BCUT2D eigenvalue weighted by Gasteiger charge is -2.26. The van der Waals surface area contributed by atoms with Crippen LogP contribution < -0.4 is 9.47 Å². The quantitative estimate of drug-likeness (QED) is 0.700. The van der Waals surface area contributed by atoms with Crippen molar-refractivity contribution >= 4 is 5.97 Å². The number of carboxylic acids is 1. The summed E-state index contributed by atoms with van der Waals surface area (Å²) >= 11 is 0. The fourth-order valence-corrected chi connectivity index (χ4v) is 2.29. The first-order valence-electron chi connectivity index (χ1n) is 7.08. The summed E-state index contributed by atoms with van der Waals surface area (Å²) in [7, 11) is 1.62. The maximum atomic E-state index is 11.4. The van der Waals surface area contributed by atoms with Crippen LogP contribution >= 0.6 is 0 Å². The maximum absolute atomic E-state index is 11.4. The van der Waals surface area contributed by atoms with E-state index in [-0.39, 0.29) is 0 Å². The standard InChI is InChI=1S/C16H24O4/c1-4-16(5-2,15(17)18)11-6-12-20-14-9-7-13(19-3)8-10-14/h7-10H,4-6,11-12H2,1-3H3,(H,17,18). The zero-order valence-electron chi connectivity index (χ0n) is 12.5. The highest BCUT2D eigenvalue weighted by Crippen LogP contribution is 2.32. The molecule has 1 aromatic rings. The van der Waals surface area contributed by atoms with Gasteiger partial charge in [0.05, 0.1) is 19.1 Å². The van der Waals surface area contributed by atoms with Crippen LogP contribution in [0, 0.1) is 5.41 Å². The van der Waals surface area contributed by atoms with Crippen LogP contribution in [0.15, 0.2) is 24.3 Å². The Hall–Kier alpha value is -1.71. The average Bonchev–Trinajstić information content (AvgIpc) is 2.48. The van der Waals surface area contributed by atoms with Gasteiger partial charge < -0.3 is 14.6 Å². The van der Waals surface area contributed by atoms with Gasteiger partial charge in [-0.05, 0) is 49.9 Å². The van der Waals surface area contributed by atoms with Crippen molar-refractivity contribution in [2.24, 2.45) is 5.41 Å². The number of hydrogen-bond donors (Lipinski definition) is 1. The van der Waals surface area contributed by atoms with E-state index in [0.29, 0.717) is 25.9 Å². The third kappa shape index (κ3) is 4.15. The third-order valence-corrected chi connectivity index (χ3v) is 3.94. The van der Waals surface area contributed by atoms with Gasteiger partial charge in [-0.3, -0.25) is 4.79 Å². The van der Waals surface area contributed by atoms with Crippen molar-refractivity contribution in [1.29, 1.82) is 0 Å². The molecule has 0 unspecified atom stereocenters. The molecule has 1 rings (SSSR count). The van der Waals surface area contributed by atoms with Crippen LogP contribution in [0.3, 0.4) is 0 Å². The summed E-state index contributed by atoms with van der Waals surface area (Å²) in [5.74, 6) is 0.867. The summed E-state index contributed by atoms with van der Waals surface area (Å²) in [5, 5.41) is 9.34. The Labute approximate surface area is 120 Å². The minimum Gasteiger partial charge on any atom is -0.497 e. The van der Waals surface area contributed by atoms with Crippen molar-refractivity contribution in [3.05, 3.63) is 24.3 Å². The minimum absolute atomic E-state index is 0.529. The predicted molar refractivity (Wildman–Crippen MR) is 78.4 cm³/mol. The average molecular weight is 280 g/mol. The van der Waals surface area contributed by atoms with Crippen LogP contribution in [-0.2, 0) is 4.79 Å². The molecule has 0 bridgehead atoms. The van der Waals surface area contributed by atoms with Crippen LogP contribution in [0.2, 0.25) is 0 Å². The molecule has 0 aromatic heterocycles. The second kappa shape index (κ2) is 7.78. The molecule has 0 aliphatic carbocycles. The molecule has 1 aromatic carbocycles. The third-order valence-electron chi connectivity index (χ3n) is 3.94. The summed E-state index contributed by atoms with van der Waals surface area (Å²) in [5.41, 5.74) is -0.608. The van der Waals surface area contributed by atoms with Crippen LogP contribution in [0.5, 0.6) is 11.5 Å². The Morgan fingerprint density at radius 2 is 1.70 bits per heavy atom. The van der Waals surface area contributed by atoms with Gasteiger partial charge >= 0.3 is 5.97 Å². The van der Waals surface area contributed by atoms with Crippen LogP contribution in [-0.4, -0.2) is 24.8 Å². The van der Waals surface area contributed by atoms with Gasteiger partial charge in [-0.15, -0.1) is 0 Å². The summed E-state index contributed by atoms with van der Waals surface area (Å²) in [6.07, 6.45) is 2.69. The van der Waals surface area contributed by atoms with E-state index in [1.54, 1.807) is 7.11 Å². The van der Waals surface area contributed by atoms with E-state index in [4.69, 9.17) is 9.47 Å². The molecule has 20 heavy (non-hydrogen) atoms. The normalized spacial score (nSPS) is 11.2. The van der Waals surface area contributed by atoms with E-state index in [9.17, 15) is 9.90 Å². The summed E-state index contributed by atoms with van der Waals surface area (Å²) < 4.78 is 10.7. The Kier molecular flexibility index (Phi) is 6.36. The highest BCUT2D eigenvalue weighted by molar-refractivity contribution is 5.74. The lowest BCUT2D eigenvalue weighted by atomic mass is 9.78. The highest BCUT2D eigenvalue weighted by atomic mass is 16.5. The molecule has 0 radical (unpaired) electrons. The summed E-state index contributed by atoms with van der Waals surface area (Å²) in [6.45, 7) is 4.39. The number of aliphatic carboxylic acids is 1. The smallest absolute Gasteiger partial charge is 0.309 e. The van der Waals surface area contributed by atoms with Crippen molar-refractivity contribution in [3.8, 4) is 11.5 Å². The van der Waals surface area contributed by atoms with Gasteiger partial charge in [-0.2, -0.15) is 0 Å². The molecule has 0 aliphatic rings. The van der Waals surface area contributed by atoms with Crippen LogP contribution in [0.4, 0.5) is 0 Å². The molecular weight excluding hydrogens is 256 g/mol. The number of ether oxygens (including phenoxy) is 2. The fourth-order valence-electron chi connectivity index (χ4n) is 2.29. The number of carboxylic acid groups (broad SMARTS) is 1. The van der Waals surface area contributed by atoms with E-state index in [1.807, 2.05) is 38.1 Å². The summed E-state index contributed by atoms with van der Waals surface area (Å²) in [6, 6.07) is 7.38. The van der Waals surface area contributed by atoms with Crippen molar-refractivity contribution in [3.63, 3.8) is 0 Å². The van der Waals surface area contributed by atoms with E-state index < -0.39 is 11.4 Å². The van der Waals surface area contributed by atoms with Gasteiger partial charge in [0.1, 0.15) is 11.5 Å². The zero-order valence-corrected chi connectivity index (χ0v) is 12.5. The Bertz CT molecular complexity index is 407.